The molecule has 10 N–H and O–H groups in total. The Kier molecular flexibility index (Phi) is 15.0. The average molecular weight is 837 g/mol. The lowest BCUT2D eigenvalue weighted by molar-refractivity contribution is -0.137. The molecule has 2 aromatic heterocycles. The molecule has 7 atom stereocenters. The molecule has 4 rings (SSSR count). The van der Waals surface area contributed by atoms with E-state index in [1.54, 1.807) is 11.9 Å². The Morgan fingerprint density at radius 1 is 1.08 bits per heavy atom. The van der Waals surface area contributed by atoms with Gasteiger partial charge in [-0.25, -0.2) is 28.6 Å². The zero-order valence-electron chi connectivity index (χ0n) is 28.4. The molecule has 300 valence electrons. The molecule has 0 radical (unpaired) electrons. The fraction of sp³-hybridized carbons (Fsp3) is 0.720. The van der Waals surface area contributed by atoms with Crippen LogP contribution in [0.1, 0.15) is 39.3 Å². The van der Waals surface area contributed by atoms with Crippen LogP contribution in [0.3, 0.4) is 0 Å². The van der Waals surface area contributed by atoms with Crippen LogP contribution >= 0.6 is 35.4 Å². The number of hydrogen-bond acceptors (Lipinski definition) is 18. The highest BCUT2D eigenvalue weighted by Crippen LogP contribution is 2.61. The third-order valence-corrected chi connectivity index (χ3v) is 12.1. The smallest absolute Gasteiger partial charge is 0.386 e. The Hall–Kier alpha value is -2.15. The first-order valence-corrected chi connectivity index (χ1v) is 21.4. The topological polar surface area (TPSA) is 350 Å². The van der Waals surface area contributed by atoms with Gasteiger partial charge in [0.25, 0.3) is 0 Å². The van der Waals surface area contributed by atoms with Crippen molar-refractivity contribution in [3.05, 3.63) is 12.7 Å². The lowest BCUT2D eigenvalue weighted by atomic mass is 9.87. The summed E-state index contributed by atoms with van der Waals surface area (Å²) >= 11 is 1.65. The van der Waals surface area contributed by atoms with E-state index in [0.717, 1.165) is 43.2 Å². The van der Waals surface area contributed by atoms with Crippen molar-refractivity contribution in [2.75, 3.05) is 50.9 Å². The third kappa shape index (κ3) is 12.7. The molecule has 0 aromatic carbocycles. The van der Waals surface area contributed by atoms with Crippen molar-refractivity contribution in [1.29, 1.82) is 0 Å². The van der Waals surface area contributed by atoms with Gasteiger partial charge in [-0.2, -0.15) is 4.31 Å². The summed E-state index contributed by atoms with van der Waals surface area (Å²) in [6, 6.07) is 0. The Morgan fingerprint density at radius 2 is 1.75 bits per heavy atom. The quantitative estimate of drug-likeness (QED) is 0.0445. The number of carbonyl (C=O) groups excluding carboxylic acids is 2. The van der Waals surface area contributed by atoms with Gasteiger partial charge in [-0.05, 0) is 12.8 Å². The number of imidazole rings is 1. The fourth-order valence-corrected chi connectivity index (χ4v) is 8.92. The van der Waals surface area contributed by atoms with E-state index in [-0.39, 0.29) is 35.9 Å². The van der Waals surface area contributed by atoms with Crippen molar-refractivity contribution >= 4 is 64.2 Å². The number of nitrogen functional groups attached to an aromatic ring is 1. The van der Waals surface area contributed by atoms with Gasteiger partial charge >= 0.3 is 23.5 Å². The number of phosphoric acid groups is 3. The summed E-state index contributed by atoms with van der Waals surface area (Å²) in [6.45, 7) is 2.94. The normalized spacial score (nSPS) is 24.2. The summed E-state index contributed by atoms with van der Waals surface area (Å²) in [7, 11) is -16.3. The van der Waals surface area contributed by atoms with Gasteiger partial charge in [0.2, 0.25) is 11.8 Å². The minimum Gasteiger partial charge on any atom is -0.386 e. The number of rotatable bonds is 20. The van der Waals surface area contributed by atoms with Crippen LogP contribution in [0.15, 0.2) is 12.7 Å². The van der Waals surface area contributed by atoms with Crippen LogP contribution in [0.2, 0.25) is 0 Å². The zero-order valence-corrected chi connectivity index (χ0v) is 31.9. The molecule has 2 aromatic rings. The van der Waals surface area contributed by atoms with Crippen molar-refractivity contribution in [3.8, 4) is 0 Å². The molecule has 28 heteroatoms. The van der Waals surface area contributed by atoms with Crippen LogP contribution in [-0.2, 0) is 45.9 Å². The second kappa shape index (κ2) is 18.2. The second-order valence-corrected chi connectivity index (χ2v) is 18.0. The Labute approximate surface area is 306 Å². The number of carbonyl (C=O) groups is 2. The maximum atomic E-state index is 12.7. The second-order valence-electron chi connectivity index (χ2n) is 12.5. The molecular weight excluding hydrogens is 793 g/mol. The number of aromatic nitrogens is 4. The molecular formula is C25H43N8O16P3S. The van der Waals surface area contributed by atoms with Crippen LogP contribution in [0.25, 0.3) is 11.2 Å². The number of anilines is 1. The summed E-state index contributed by atoms with van der Waals surface area (Å²) in [5, 5.41) is 26.5. The number of aliphatic hydroxyl groups is 2. The summed E-state index contributed by atoms with van der Waals surface area (Å²) in [4.78, 5) is 75.5. The predicted molar refractivity (Wildman–Crippen MR) is 183 cm³/mol. The van der Waals surface area contributed by atoms with Crippen LogP contribution in [0, 0.1) is 5.41 Å². The standard InChI is InChI=1S/C25H43N8O16P3S/c1-25(2,20(36)23(37)28-6-5-16(34)27-7-10-53-32-8-3-4-9-32)12-46-52(43,44)49-51(41,42)45-11-15-19(48-50(38,39)40)18(35)24(47-15)33-14-31-17-21(26)29-13-30-22(17)33/h13-15,18-20,24,35-36H,3-12H2,1-2H3,(H,27,34)(H,28,37)(H,41,42)(H,43,44)(H2,26,29,30)(H2,38,39,40)/t15-,18-,19-,20+,24-/m1/s1. The van der Waals surface area contributed by atoms with E-state index < -0.39 is 78.6 Å². The molecule has 0 spiro atoms. The molecule has 2 saturated heterocycles. The summed E-state index contributed by atoms with van der Waals surface area (Å²) in [5.41, 5.74) is 4.32. The highest BCUT2D eigenvalue weighted by molar-refractivity contribution is 7.97. The molecule has 53 heavy (non-hydrogen) atoms. The Bertz CT molecular complexity index is 1730. The van der Waals surface area contributed by atoms with E-state index in [2.05, 4.69) is 38.7 Å². The van der Waals surface area contributed by atoms with Crippen LogP contribution in [0.5, 0.6) is 0 Å². The fourth-order valence-electron chi connectivity index (χ4n) is 5.12. The predicted octanol–water partition coefficient (Wildman–Crippen LogP) is -0.851. The largest absolute Gasteiger partial charge is 0.481 e. The minimum atomic E-state index is -5.54. The minimum absolute atomic E-state index is 0.0337. The molecule has 0 bridgehead atoms. The van der Waals surface area contributed by atoms with Crippen molar-refractivity contribution in [2.24, 2.45) is 5.41 Å². The van der Waals surface area contributed by atoms with Crippen LogP contribution in [-0.4, -0.2) is 135 Å². The SMILES string of the molecule is CC(C)(COP(=O)(O)OP(=O)(O)OC[C@H]1O[C@@H](n2cnc3c(N)ncnc32)[C@H](O)[C@@H]1OP(=O)(O)O)[C@@H](O)C(=O)NCCC(=O)NCCSN1CCCC1. The van der Waals surface area contributed by atoms with Gasteiger partial charge in [0.1, 0.15) is 36.3 Å². The van der Waals surface area contributed by atoms with Crippen molar-refractivity contribution in [2.45, 2.75) is 63.8 Å². The Morgan fingerprint density at radius 3 is 2.43 bits per heavy atom. The molecule has 2 aliphatic heterocycles. The number of amides is 2. The summed E-state index contributed by atoms with van der Waals surface area (Å²) < 4.78 is 64.3. The highest BCUT2D eigenvalue weighted by Gasteiger charge is 2.50. The van der Waals surface area contributed by atoms with E-state index in [9.17, 15) is 53.1 Å². The third-order valence-electron chi connectivity index (χ3n) is 7.84. The van der Waals surface area contributed by atoms with Gasteiger partial charge in [-0.1, -0.05) is 25.8 Å². The first-order chi connectivity index (χ1) is 24.7. The summed E-state index contributed by atoms with van der Waals surface area (Å²) in [5.74, 6) is -0.572. The lowest BCUT2D eigenvalue weighted by Gasteiger charge is -2.30. The molecule has 4 heterocycles. The van der Waals surface area contributed by atoms with E-state index in [4.69, 9.17) is 19.5 Å². The first-order valence-electron chi connectivity index (χ1n) is 15.9. The maximum Gasteiger partial charge on any atom is 0.481 e. The number of nitrogens with zero attached hydrogens (tertiary/aromatic N) is 5. The Balaban J connectivity index is 1.25. The number of nitrogens with one attached hydrogen (secondary N) is 2. The highest BCUT2D eigenvalue weighted by atomic mass is 32.2. The number of nitrogens with two attached hydrogens (primary N) is 1. The van der Waals surface area contributed by atoms with E-state index in [1.165, 1.54) is 13.8 Å². The average Bonchev–Trinajstić information content (AvgIpc) is 3.80. The molecule has 2 aliphatic rings. The van der Waals surface area contributed by atoms with Crippen LogP contribution < -0.4 is 16.4 Å². The van der Waals surface area contributed by atoms with Crippen LogP contribution in [0.4, 0.5) is 5.82 Å². The zero-order chi connectivity index (χ0) is 39.2. The first kappa shape index (κ1) is 43.6. The molecule has 24 nitrogen and oxygen atoms in total. The maximum absolute atomic E-state index is 12.7. The molecule has 2 unspecified atom stereocenters. The molecule has 2 amide bonds. The van der Waals surface area contributed by atoms with Crippen molar-refractivity contribution in [1.82, 2.24) is 34.5 Å². The van der Waals surface area contributed by atoms with Crippen molar-refractivity contribution in [3.63, 3.8) is 0 Å². The van der Waals surface area contributed by atoms with Crippen molar-refractivity contribution < 1.29 is 75.7 Å². The van der Waals surface area contributed by atoms with Gasteiger partial charge in [-0.15, -0.1) is 0 Å². The van der Waals surface area contributed by atoms with E-state index in [1.807, 2.05) is 0 Å². The number of fused-ring (bicyclic) bond motifs is 1. The molecule has 0 saturated carbocycles. The number of phosphoric ester groups is 3. The number of hydrogen-bond donors (Lipinski definition) is 9. The van der Waals surface area contributed by atoms with E-state index >= 15 is 0 Å². The monoisotopic (exact) mass is 836 g/mol. The van der Waals surface area contributed by atoms with Gasteiger partial charge in [0, 0.05) is 43.8 Å². The van der Waals surface area contributed by atoms with E-state index in [0.29, 0.717) is 12.3 Å². The number of aliphatic hydroxyl groups excluding tert-OH is 2. The summed E-state index contributed by atoms with van der Waals surface area (Å²) in [6.07, 6.45) is -4.39. The van der Waals surface area contributed by atoms with Gasteiger partial charge in [-0.3, -0.25) is 32.0 Å². The van der Waals surface area contributed by atoms with Gasteiger partial charge < -0.3 is 50.9 Å². The lowest BCUT2D eigenvalue weighted by Crippen LogP contribution is -2.46. The van der Waals surface area contributed by atoms with Gasteiger partial charge in [0.05, 0.1) is 19.5 Å². The van der Waals surface area contributed by atoms with Gasteiger partial charge in [0.15, 0.2) is 17.7 Å². The molecule has 0 aliphatic carbocycles. The molecule has 2 fully saturated rings. The number of ether oxygens (including phenoxy) is 1.